The SMILES string of the molecule is C[C@H](NC(=O)c1coc(COc2cccc(F)c2)n1)c1cn2ccsc2n1. The molecule has 0 aliphatic heterocycles. The van der Waals surface area contributed by atoms with Gasteiger partial charge in [-0.3, -0.25) is 9.20 Å². The lowest BCUT2D eigenvalue weighted by atomic mass is 10.2. The summed E-state index contributed by atoms with van der Waals surface area (Å²) in [7, 11) is 0. The van der Waals surface area contributed by atoms with Crippen molar-refractivity contribution >= 4 is 22.2 Å². The molecule has 9 heteroatoms. The Morgan fingerprint density at radius 2 is 2.33 bits per heavy atom. The number of carbonyl (C=O) groups is 1. The zero-order chi connectivity index (χ0) is 18.8. The lowest BCUT2D eigenvalue weighted by Crippen LogP contribution is -2.27. The van der Waals surface area contributed by atoms with Gasteiger partial charge in [0.25, 0.3) is 5.91 Å². The Morgan fingerprint density at radius 3 is 3.15 bits per heavy atom. The number of hydrogen-bond donors (Lipinski definition) is 1. The van der Waals surface area contributed by atoms with E-state index >= 15 is 0 Å². The van der Waals surface area contributed by atoms with Crippen LogP contribution in [0.25, 0.3) is 4.96 Å². The van der Waals surface area contributed by atoms with E-state index in [9.17, 15) is 9.18 Å². The van der Waals surface area contributed by atoms with Crippen molar-refractivity contribution in [3.63, 3.8) is 0 Å². The van der Waals surface area contributed by atoms with E-state index < -0.39 is 5.82 Å². The molecule has 0 saturated heterocycles. The molecule has 0 radical (unpaired) electrons. The highest BCUT2D eigenvalue weighted by molar-refractivity contribution is 7.15. The van der Waals surface area contributed by atoms with E-state index in [1.807, 2.05) is 29.1 Å². The van der Waals surface area contributed by atoms with Crippen LogP contribution in [0, 0.1) is 5.82 Å². The molecule has 3 aromatic heterocycles. The first-order chi connectivity index (χ1) is 13.1. The molecule has 0 saturated carbocycles. The number of nitrogens with zero attached hydrogens (tertiary/aromatic N) is 3. The maximum atomic E-state index is 13.1. The molecule has 0 aliphatic rings. The second-order valence-corrected chi connectivity index (χ2v) is 6.70. The molecule has 0 fully saturated rings. The standard InChI is InChI=1S/C18H15FN4O3S/c1-11(14-8-23-5-6-27-18(23)22-14)20-17(24)15-9-26-16(21-15)10-25-13-4-2-3-12(19)7-13/h2-9,11H,10H2,1H3,(H,20,24)/t11-/m0/s1. The van der Waals surface area contributed by atoms with Crippen molar-refractivity contribution < 1.29 is 18.3 Å². The molecule has 4 aromatic rings. The molecule has 27 heavy (non-hydrogen) atoms. The first kappa shape index (κ1) is 17.2. The quantitative estimate of drug-likeness (QED) is 0.548. The van der Waals surface area contributed by atoms with Gasteiger partial charge < -0.3 is 14.5 Å². The average Bonchev–Trinajstić information content (AvgIpc) is 3.35. The molecule has 0 spiro atoms. The van der Waals surface area contributed by atoms with Crippen LogP contribution in [0.4, 0.5) is 4.39 Å². The summed E-state index contributed by atoms with van der Waals surface area (Å²) in [5.41, 5.74) is 0.897. The average molecular weight is 386 g/mol. The number of thiazole rings is 1. The summed E-state index contributed by atoms with van der Waals surface area (Å²) >= 11 is 1.52. The van der Waals surface area contributed by atoms with E-state index in [-0.39, 0.29) is 30.1 Å². The van der Waals surface area contributed by atoms with E-state index in [1.54, 1.807) is 12.1 Å². The van der Waals surface area contributed by atoms with Crippen molar-refractivity contribution in [2.75, 3.05) is 0 Å². The number of hydrogen-bond acceptors (Lipinski definition) is 6. The minimum absolute atomic E-state index is 0.0103. The van der Waals surface area contributed by atoms with Crippen LogP contribution < -0.4 is 10.1 Å². The van der Waals surface area contributed by atoms with E-state index in [0.717, 1.165) is 10.7 Å². The Morgan fingerprint density at radius 1 is 1.44 bits per heavy atom. The van der Waals surface area contributed by atoms with Gasteiger partial charge in [0.15, 0.2) is 17.3 Å². The highest BCUT2D eigenvalue weighted by Crippen LogP contribution is 2.18. The fourth-order valence-corrected chi connectivity index (χ4v) is 3.19. The number of imidazole rings is 1. The summed E-state index contributed by atoms with van der Waals surface area (Å²) in [6.07, 6.45) is 5.05. The van der Waals surface area contributed by atoms with Crippen molar-refractivity contribution in [2.45, 2.75) is 19.6 Å². The highest BCUT2D eigenvalue weighted by Gasteiger charge is 2.18. The number of benzene rings is 1. The molecule has 0 aliphatic carbocycles. The van der Waals surface area contributed by atoms with Crippen molar-refractivity contribution in [1.29, 1.82) is 0 Å². The topological polar surface area (TPSA) is 81.7 Å². The Hall–Kier alpha value is -3.20. The first-order valence-electron chi connectivity index (χ1n) is 8.14. The van der Waals surface area contributed by atoms with E-state index in [4.69, 9.17) is 9.15 Å². The number of amides is 1. The normalized spacial score (nSPS) is 12.2. The van der Waals surface area contributed by atoms with Crippen LogP contribution in [0.15, 0.2) is 52.7 Å². The summed E-state index contributed by atoms with van der Waals surface area (Å²) in [5, 5.41) is 4.78. The predicted octanol–water partition coefficient (Wildman–Crippen LogP) is 3.59. The zero-order valence-electron chi connectivity index (χ0n) is 14.3. The van der Waals surface area contributed by atoms with Crippen molar-refractivity contribution in [1.82, 2.24) is 19.7 Å². The van der Waals surface area contributed by atoms with Gasteiger partial charge in [-0.25, -0.2) is 14.4 Å². The summed E-state index contributed by atoms with van der Waals surface area (Å²) < 4.78 is 25.7. The van der Waals surface area contributed by atoms with Crippen LogP contribution in [0.3, 0.4) is 0 Å². The minimum Gasteiger partial charge on any atom is -0.484 e. The van der Waals surface area contributed by atoms with Crippen LogP contribution in [0.2, 0.25) is 0 Å². The van der Waals surface area contributed by atoms with Gasteiger partial charge in [-0.2, -0.15) is 0 Å². The zero-order valence-corrected chi connectivity index (χ0v) is 15.1. The third-order valence-electron chi connectivity index (χ3n) is 3.85. The second kappa shape index (κ2) is 7.20. The summed E-state index contributed by atoms with van der Waals surface area (Å²) in [4.78, 5) is 21.8. The van der Waals surface area contributed by atoms with E-state index in [1.165, 1.54) is 29.7 Å². The summed E-state index contributed by atoms with van der Waals surface area (Å²) in [5.74, 6) is -0.195. The van der Waals surface area contributed by atoms with Gasteiger partial charge in [0, 0.05) is 23.8 Å². The summed E-state index contributed by atoms with van der Waals surface area (Å²) in [6, 6.07) is 5.46. The lowest BCUT2D eigenvalue weighted by molar-refractivity contribution is 0.0934. The molecular formula is C18H15FN4O3S. The van der Waals surface area contributed by atoms with E-state index in [0.29, 0.717) is 5.75 Å². The number of rotatable bonds is 6. The molecule has 3 heterocycles. The number of fused-ring (bicyclic) bond motifs is 1. The van der Waals surface area contributed by atoms with Gasteiger partial charge in [-0.15, -0.1) is 11.3 Å². The van der Waals surface area contributed by atoms with Gasteiger partial charge in [0.2, 0.25) is 5.89 Å². The molecule has 4 rings (SSSR count). The molecule has 7 nitrogen and oxygen atoms in total. The maximum absolute atomic E-state index is 13.1. The third kappa shape index (κ3) is 3.82. The number of aromatic nitrogens is 3. The lowest BCUT2D eigenvalue weighted by Gasteiger charge is -2.09. The van der Waals surface area contributed by atoms with Crippen LogP contribution in [0.1, 0.15) is 35.0 Å². The van der Waals surface area contributed by atoms with Crippen molar-refractivity contribution in [2.24, 2.45) is 0 Å². The van der Waals surface area contributed by atoms with Gasteiger partial charge in [-0.1, -0.05) is 6.07 Å². The molecule has 0 unspecified atom stereocenters. The molecule has 1 atom stereocenters. The van der Waals surface area contributed by atoms with Crippen molar-refractivity contribution in [3.8, 4) is 5.75 Å². The maximum Gasteiger partial charge on any atom is 0.273 e. The monoisotopic (exact) mass is 386 g/mol. The number of ether oxygens (including phenoxy) is 1. The third-order valence-corrected chi connectivity index (χ3v) is 4.62. The number of oxazole rings is 1. The smallest absolute Gasteiger partial charge is 0.273 e. The molecule has 1 aromatic carbocycles. The molecule has 138 valence electrons. The number of nitrogens with one attached hydrogen (secondary N) is 1. The van der Waals surface area contributed by atoms with Crippen LogP contribution in [-0.4, -0.2) is 20.3 Å². The van der Waals surface area contributed by atoms with Crippen LogP contribution in [0.5, 0.6) is 5.75 Å². The fraction of sp³-hybridized carbons (Fsp3) is 0.167. The number of carbonyl (C=O) groups excluding carboxylic acids is 1. The highest BCUT2D eigenvalue weighted by atomic mass is 32.1. The Balaban J connectivity index is 1.37. The van der Waals surface area contributed by atoms with Crippen LogP contribution in [-0.2, 0) is 6.61 Å². The minimum atomic E-state index is -0.395. The Labute approximate surface area is 157 Å². The first-order valence-corrected chi connectivity index (χ1v) is 9.02. The fourth-order valence-electron chi connectivity index (χ4n) is 2.48. The Bertz CT molecular complexity index is 1060. The van der Waals surface area contributed by atoms with Gasteiger partial charge in [0.1, 0.15) is 17.8 Å². The van der Waals surface area contributed by atoms with Crippen LogP contribution >= 0.6 is 11.3 Å². The van der Waals surface area contributed by atoms with Crippen molar-refractivity contribution in [3.05, 3.63) is 71.4 Å². The molecule has 0 bridgehead atoms. The van der Waals surface area contributed by atoms with E-state index in [2.05, 4.69) is 15.3 Å². The second-order valence-electron chi connectivity index (χ2n) is 5.83. The Kier molecular flexibility index (Phi) is 4.59. The predicted molar refractivity (Wildman–Crippen MR) is 96.2 cm³/mol. The van der Waals surface area contributed by atoms with Gasteiger partial charge in [-0.05, 0) is 19.1 Å². The molecule has 1 amide bonds. The van der Waals surface area contributed by atoms with Gasteiger partial charge in [0.05, 0.1) is 11.7 Å². The van der Waals surface area contributed by atoms with Gasteiger partial charge >= 0.3 is 0 Å². The summed E-state index contributed by atoms with van der Waals surface area (Å²) in [6.45, 7) is 1.84. The largest absolute Gasteiger partial charge is 0.484 e. The number of halogens is 1. The molecular weight excluding hydrogens is 371 g/mol. The molecule has 1 N–H and O–H groups in total.